The van der Waals surface area contributed by atoms with Gasteiger partial charge >= 0.3 is 0 Å². The van der Waals surface area contributed by atoms with Crippen LogP contribution in [0.4, 0.5) is 0 Å². The van der Waals surface area contributed by atoms with Gasteiger partial charge in [-0.15, -0.1) is 0 Å². The summed E-state index contributed by atoms with van der Waals surface area (Å²) in [5, 5.41) is 5.10. The van der Waals surface area contributed by atoms with Gasteiger partial charge in [0.15, 0.2) is 0 Å². The highest BCUT2D eigenvalue weighted by molar-refractivity contribution is 6.24. The first-order chi connectivity index (χ1) is 11.7. The number of hydrogen-bond donors (Lipinski definition) is 0. The second kappa shape index (κ2) is 4.64. The van der Waals surface area contributed by atoms with Crippen LogP contribution in [0.15, 0.2) is 59.0 Å². The van der Waals surface area contributed by atoms with Gasteiger partial charge in [-0.1, -0.05) is 44.2 Å². The molecule has 0 atom stereocenters. The maximum Gasteiger partial charge on any atom is 0.137 e. The van der Waals surface area contributed by atoms with Crippen LogP contribution in [0.5, 0.6) is 0 Å². The highest BCUT2D eigenvalue weighted by atomic mass is 16.3. The minimum atomic E-state index is 0.458. The summed E-state index contributed by atoms with van der Waals surface area (Å²) in [5.41, 5.74) is 5.83. The Morgan fingerprint density at radius 2 is 1.58 bits per heavy atom. The molecule has 0 aliphatic carbocycles. The summed E-state index contributed by atoms with van der Waals surface area (Å²) in [6.07, 6.45) is 0. The number of para-hydroxylation sites is 1. The van der Waals surface area contributed by atoms with E-state index in [2.05, 4.69) is 80.1 Å². The van der Waals surface area contributed by atoms with Crippen LogP contribution in [0.3, 0.4) is 0 Å². The van der Waals surface area contributed by atoms with Crippen molar-refractivity contribution >= 4 is 43.7 Å². The van der Waals surface area contributed by atoms with E-state index >= 15 is 0 Å². The van der Waals surface area contributed by atoms with Crippen molar-refractivity contribution in [3.63, 3.8) is 0 Å². The number of furan rings is 1. The molecule has 0 saturated carbocycles. The fourth-order valence-electron chi connectivity index (χ4n) is 4.08. The number of aryl methyl sites for hydroxylation is 1. The molecule has 0 unspecified atom stereocenters. The third-order valence-electron chi connectivity index (χ3n) is 5.18. The first-order valence-corrected chi connectivity index (χ1v) is 8.48. The van der Waals surface area contributed by atoms with Crippen molar-refractivity contribution in [2.75, 3.05) is 0 Å². The molecule has 2 nitrogen and oxygen atoms in total. The molecule has 0 N–H and O–H groups in total. The molecule has 5 rings (SSSR count). The molecule has 24 heavy (non-hydrogen) atoms. The van der Waals surface area contributed by atoms with Gasteiger partial charge in [0.1, 0.15) is 11.2 Å². The van der Waals surface area contributed by atoms with Crippen LogP contribution in [-0.2, 0) is 7.05 Å². The molecule has 0 bridgehead atoms. The summed E-state index contributed by atoms with van der Waals surface area (Å²) in [4.78, 5) is 0. The van der Waals surface area contributed by atoms with Gasteiger partial charge in [-0.05, 0) is 35.7 Å². The van der Waals surface area contributed by atoms with E-state index in [0.29, 0.717) is 5.92 Å². The Morgan fingerprint density at radius 1 is 0.792 bits per heavy atom. The van der Waals surface area contributed by atoms with Gasteiger partial charge in [-0.3, -0.25) is 0 Å². The Balaban J connectivity index is 2.13. The first kappa shape index (κ1) is 13.7. The molecule has 0 amide bonds. The van der Waals surface area contributed by atoms with Crippen LogP contribution >= 0.6 is 0 Å². The highest BCUT2D eigenvalue weighted by Crippen LogP contribution is 2.41. The standard InChI is InChI=1S/C22H19NO/c1-13(2)14-8-6-10-18-20(14)21-19(24-18)12-11-16-15-7-4-5-9-17(15)23(3)22(16)21/h4-13H,1-3H3. The first-order valence-electron chi connectivity index (χ1n) is 8.48. The molecular formula is C22H19NO. The van der Waals surface area contributed by atoms with Crippen molar-refractivity contribution < 1.29 is 4.42 Å². The van der Waals surface area contributed by atoms with Crippen LogP contribution in [-0.4, -0.2) is 4.57 Å². The molecule has 0 fully saturated rings. The van der Waals surface area contributed by atoms with Crippen molar-refractivity contribution in [1.82, 2.24) is 4.57 Å². The number of hydrogen-bond acceptors (Lipinski definition) is 1. The molecule has 2 aromatic heterocycles. The average Bonchev–Trinajstić information content (AvgIpc) is 3.11. The minimum absolute atomic E-state index is 0.458. The maximum absolute atomic E-state index is 6.19. The van der Waals surface area contributed by atoms with Crippen molar-refractivity contribution in [3.05, 3.63) is 60.2 Å². The molecule has 2 heterocycles. The molecule has 0 aliphatic heterocycles. The molecule has 3 aromatic carbocycles. The van der Waals surface area contributed by atoms with E-state index in [1.807, 2.05) is 0 Å². The van der Waals surface area contributed by atoms with Gasteiger partial charge in [0, 0.05) is 28.7 Å². The predicted molar refractivity (Wildman–Crippen MR) is 102 cm³/mol. The van der Waals surface area contributed by atoms with E-state index in [0.717, 1.165) is 11.2 Å². The summed E-state index contributed by atoms with van der Waals surface area (Å²) in [7, 11) is 2.15. The van der Waals surface area contributed by atoms with E-state index in [1.165, 1.54) is 38.1 Å². The monoisotopic (exact) mass is 313 g/mol. The number of fused-ring (bicyclic) bond motifs is 7. The van der Waals surface area contributed by atoms with Gasteiger partial charge in [0.25, 0.3) is 0 Å². The highest BCUT2D eigenvalue weighted by Gasteiger charge is 2.18. The lowest BCUT2D eigenvalue weighted by Crippen LogP contribution is -1.90. The Morgan fingerprint density at radius 3 is 2.42 bits per heavy atom. The lowest BCUT2D eigenvalue weighted by molar-refractivity contribution is 0.668. The van der Waals surface area contributed by atoms with Crippen LogP contribution < -0.4 is 0 Å². The van der Waals surface area contributed by atoms with E-state index in [-0.39, 0.29) is 0 Å². The summed E-state index contributed by atoms with van der Waals surface area (Å²) in [5.74, 6) is 0.458. The van der Waals surface area contributed by atoms with Gasteiger partial charge in [-0.2, -0.15) is 0 Å². The molecular weight excluding hydrogens is 294 g/mol. The van der Waals surface area contributed by atoms with Crippen LogP contribution in [0.25, 0.3) is 43.7 Å². The fourth-order valence-corrected chi connectivity index (χ4v) is 4.08. The SMILES string of the molecule is CC(C)c1cccc2oc3ccc4c5ccccc5n(C)c4c3c12. The molecule has 2 heteroatoms. The van der Waals surface area contributed by atoms with E-state index in [9.17, 15) is 0 Å². The van der Waals surface area contributed by atoms with Crippen LogP contribution in [0.1, 0.15) is 25.3 Å². The van der Waals surface area contributed by atoms with Crippen LogP contribution in [0.2, 0.25) is 0 Å². The lowest BCUT2D eigenvalue weighted by atomic mass is 9.96. The number of benzene rings is 3. The number of rotatable bonds is 1. The van der Waals surface area contributed by atoms with Crippen molar-refractivity contribution in [2.24, 2.45) is 7.05 Å². The molecule has 0 saturated heterocycles. The Kier molecular flexibility index (Phi) is 2.64. The van der Waals surface area contributed by atoms with Crippen molar-refractivity contribution in [2.45, 2.75) is 19.8 Å². The summed E-state index contributed by atoms with van der Waals surface area (Å²) >= 11 is 0. The zero-order valence-corrected chi connectivity index (χ0v) is 14.1. The predicted octanol–water partition coefficient (Wildman–Crippen LogP) is 6.35. The number of nitrogens with zero attached hydrogens (tertiary/aromatic N) is 1. The molecule has 0 radical (unpaired) electrons. The van der Waals surface area contributed by atoms with Crippen molar-refractivity contribution in [3.8, 4) is 0 Å². The lowest BCUT2D eigenvalue weighted by Gasteiger charge is -2.07. The van der Waals surface area contributed by atoms with Gasteiger partial charge < -0.3 is 8.98 Å². The third-order valence-corrected chi connectivity index (χ3v) is 5.18. The molecule has 0 aliphatic rings. The Hall–Kier alpha value is -2.74. The largest absolute Gasteiger partial charge is 0.456 e. The van der Waals surface area contributed by atoms with Gasteiger partial charge in [0.05, 0.1) is 10.9 Å². The van der Waals surface area contributed by atoms with E-state index in [4.69, 9.17) is 4.42 Å². The van der Waals surface area contributed by atoms with Crippen LogP contribution in [0, 0.1) is 0 Å². The smallest absolute Gasteiger partial charge is 0.137 e. The second-order valence-corrected chi connectivity index (χ2v) is 6.89. The third kappa shape index (κ3) is 1.60. The second-order valence-electron chi connectivity index (χ2n) is 6.89. The topological polar surface area (TPSA) is 18.1 Å². The van der Waals surface area contributed by atoms with E-state index in [1.54, 1.807) is 0 Å². The van der Waals surface area contributed by atoms with Crippen molar-refractivity contribution in [1.29, 1.82) is 0 Å². The zero-order valence-electron chi connectivity index (χ0n) is 14.1. The summed E-state index contributed by atoms with van der Waals surface area (Å²) in [6.45, 7) is 4.49. The summed E-state index contributed by atoms with van der Waals surface area (Å²) < 4.78 is 8.49. The normalized spacial score (nSPS) is 12.3. The van der Waals surface area contributed by atoms with Gasteiger partial charge in [-0.25, -0.2) is 0 Å². The van der Waals surface area contributed by atoms with E-state index < -0.39 is 0 Å². The average molecular weight is 313 g/mol. The molecule has 118 valence electrons. The Labute approximate surface area is 140 Å². The number of aromatic nitrogens is 1. The quantitative estimate of drug-likeness (QED) is 0.352. The maximum atomic E-state index is 6.19. The Bertz CT molecular complexity index is 1240. The minimum Gasteiger partial charge on any atom is -0.456 e. The summed E-state index contributed by atoms with van der Waals surface area (Å²) in [6, 6.07) is 19.3. The molecule has 5 aromatic rings. The zero-order chi connectivity index (χ0) is 16.4. The molecule has 0 spiro atoms. The fraction of sp³-hybridized carbons (Fsp3) is 0.182. The van der Waals surface area contributed by atoms with Gasteiger partial charge in [0.2, 0.25) is 0 Å².